The average molecular weight is 368 g/mol. The number of fused-ring (bicyclic) bond motifs is 1. The summed E-state index contributed by atoms with van der Waals surface area (Å²) < 4.78 is 0. The molecule has 2 aromatic carbocycles. The summed E-state index contributed by atoms with van der Waals surface area (Å²) in [4.78, 5) is 21.3. The number of hydrogen-bond acceptors (Lipinski definition) is 4. The smallest absolute Gasteiger partial charge is 0.274 e. The van der Waals surface area contributed by atoms with Gasteiger partial charge in [0.05, 0.1) is 11.2 Å². The fourth-order valence-corrected chi connectivity index (χ4v) is 2.97. The normalized spacial score (nSPS) is 10.6. The Morgan fingerprint density at radius 3 is 2.61 bits per heavy atom. The summed E-state index contributed by atoms with van der Waals surface area (Å²) in [6.45, 7) is 2.75. The molecule has 0 fully saturated rings. The minimum Gasteiger partial charge on any atom is -0.381 e. The number of anilines is 2. The number of aromatic nitrogens is 2. The van der Waals surface area contributed by atoms with Gasteiger partial charge in [-0.25, -0.2) is 0 Å². The molecule has 0 unspecified atom stereocenters. The second-order valence-electron chi connectivity index (χ2n) is 6.60. The lowest BCUT2D eigenvalue weighted by Crippen LogP contribution is -2.14. The Morgan fingerprint density at radius 1 is 0.929 bits per heavy atom. The summed E-state index contributed by atoms with van der Waals surface area (Å²) in [6.07, 6.45) is 3.35. The fourth-order valence-electron chi connectivity index (χ4n) is 2.97. The van der Waals surface area contributed by atoms with Crippen LogP contribution in [0.5, 0.6) is 0 Å². The number of pyridine rings is 2. The van der Waals surface area contributed by atoms with Crippen LogP contribution in [0.15, 0.2) is 79.1 Å². The molecule has 2 heterocycles. The van der Waals surface area contributed by atoms with E-state index in [9.17, 15) is 4.79 Å². The third-order valence-corrected chi connectivity index (χ3v) is 4.49. The summed E-state index contributed by atoms with van der Waals surface area (Å²) in [7, 11) is 0. The van der Waals surface area contributed by atoms with E-state index in [0.717, 1.165) is 16.6 Å². The standard InChI is InChI=1S/C23H20N4O/c1-16-7-9-17(10-8-16)15-26-19-11-13-24-21(14-19)23(28)27-20-6-2-4-18-5-3-12-25-22(18)20/h2-14H,15H2,1H3,(H,24,26)(H,27,28). The summed E-state index contributed by atoms with van der Waals surface area (Å²) in [5, 5.41) is 7.23. The molecular formula is C23H20N4O. The number of carbonyl (C=O) groups is 1. The van der Waals surface area contributed by atoms with Gasteiger partial charge in [-0.2, -0.15) is 0 Å². The van der Waals surface area contributed by atoms with Crippen LogP contribution in [0.2, 0.25) is 0 Å². The Bertz CT molecular complexity index is 1120. The quantitative estimate of drug-likeness (QED) is 0.531. The molecule has 0 atom stereocenters. The molecule has 0 saturated heterocycles. The topological polar surface area (TPSA) is 66.9 Å². The second-order valence-corrected chi connectivity index (χ2v) is 6.60. The molecule has 5 nitrogen and oxygen atoms in total. The van der Waals surface area contributed by atoms with Crippen LogP contribution in [0.4, 0.5) is 11.4 Å². The summed E-state index contributed by atoms with van der Waals surface area (Å²) in [5.41, 5.74) is 5.03. The van der Waals surface area contributed by atoms with Crippen LogP contribution < -0.4 is 10.6 Å². The number of amides is 1. The summed E-state index contributed by atoms with van der Waals surface area (Å²) in [5.74, 6) is -0.267. The van der Waals surface area contributed by atoms with Gasteiger partial charge in [-0.3, -0.25) is 14.8 Å². The molecule has 0 aliphatic rings. The van der Waals surface area contributed by atoms with Crippen molar-refractivity contribution in [2.45, 2.75) is 13.5 Å². The Balaban J connectivity index is 1.48. The SMILES string of the molecule is Cc1ccc(CNc2ccnc(C(=O)Nc3cccc4cccnc34)c2)cc1. The van der Waals surface area contributed by atoms with Gasteiger partial charge in [-0.05, 0) is 36.8 Å². The lowest BCUT2D eigenvalue weighted by atomic mass is 10.1. The molecule has 0 aliphatic carbocycles. The van der Waals surface area contributed by atoms with E-state index in [1.165, 1.54) is 11.1 Å². The van der Waals surface area contributed by atoms with Crippen molar-refractivity contribution in [3.63, 3.8) is 0 Å². The van der Waals surface area contributed by atoms with Crippen LogP contribution in [-0.2, 0) is 6.54 Å². The number of carbonyl (C=O) groups excluding carboxylic acids is 1. The van der Waals surface area contributed by atoms with Crippen LogP contribution >= 0.6 is 0 Å². The zero-order chi connectivity index (χ0) is 19.3. The van der Waals surface area contributed by atoms with Gasteiger partial charge < -0.3 is 10.6 Å². The largest absolute Gasteiger partial charge is 0.381 e. The summed E-state index contributed by atoms with van der Waals surface area (Å²) in [6, 6.07) is 21.5. The first kappa shape index (κ1) is 17.7. The highest BCUT2D eigenvalue weighted by molar-refractivity contribution is 6.07. The first-order valence-corrected chi connectivity index (χ1v) is 9.09. The Labute approximate surface area is 163 Å². The number of hydrogen-bond donors (Lipinski definition) is 2. The van der Waals surface area contributed by atoms with E-state index in [2.05, 4.69) is 51.8 Å². The number of nitrogens with zero attached hydrogens (tertiary/aromatic N) is 2. The average Bonchev–Trinajstić information content (AvgIpc) is 2.74. The van der Waals surface area contributed by atoms with E-state index in [1.807, 2.05) is 36.4 Å². The van der Waals surface area contributed by atoms with Gasteiger partial charge in [0.25, 0.3) is 5.91 Å². The number of benzene rings is 2. The highest BCUT2D eigenvalue weighted by Gasteiger charge is 2.11. The van der Waals surface area contributed by atoms with E-state index in [4.69, 9.17) is 0 Å². The van der Waals surface area contributed by atoms with Gasteiger partial charge in [0.15, 0.2) is 0 Å². The predicted molar refractivity (Wildman–Crippen MR) is 112 cm³/mol. The third-order valence-electron chi connectivity index (χ3n) is 4.49. The van der Waals surface area contributed by atoms with Crippen molar-refractivity contribution in [2.24, 2.45) is 0 Å². The maximum atomic E-state index is 12.7. The molecule has 2 N–H and O–H groups in total. The van der Waals surface area contributed by atoms with Crippen molar-refractivity contribution in [2.75, 3.05) is 10.6 Å². The molecule has 0 saturated carbocycles. The molecule has 0 bridgehead atoms. The van der Waals surface area contributed by atoms with Gasteiger partial charge >= 0.3 is 0 Å². The molecule has 2 aromatic heterocycles. The van der Waals surface area contributed by atoms with Crippen molar-refractivity contribution in [3.8, 4) is 0 Å². The van der Waals surface area contributed by atoms with Crippen molar-refractivity contribution < 1.29 is 4.79 Å². The van der Waals surface area contributed by atoms with Crippen molar-refractivity contribution >= 4 is 28.2 Å². The van der Waals surface area contributed by atoms with Gasteiger partial charge in [-0.15, -0.1) is 0 Å². The van der Waals surface area contributed by atoms with Crippen LogP contribution in [0.1, 0.15) is 21.6 Å². The maximum absolute atomic E-state index is 12.7. The van der Waals surface area contributed by atoms with Crippen LogP contribution in [0.3, 0.4) is 0 Å². The van der Waals surface area contributed by atoms with Gasteiger partial charge in [0, 0.05) is 30.0 Å². The van der Waals surface area contributed by atoms with Crippen LogP contribution in [0, 0.1) is 6.92 Å². The molecule has 4 rings (SSSR count). The molecule has 0 aliphatic heterocycles. The molecule has 4 aromatic rings. The lowest BCUT2D eigenvalue weighted by molar-refractivity contribution is 0.102. The Kier molecular flexibility index (Phi) is 4.97. The fraction of sp³-hybridized carbons (Fsp3) is 0.0870. The zero-order valence-electron chi connectivity index (χ0n) is 15.5. The lowest BCUT2D eigenvalue weighted by Gasteiger charge is -2.10. The molecule has 0 radical (unpaired) electrons. The third kappa shape index (κ3) is 3.99. The van der Waals surface area contributed by atoms with Crippen molar-refractivity contribution in [3.05, 3.63) is 95.9 Å². The number of aryl methyl sites for hydroxylation is 1. The van der Waals surface area contributed by atoms with Crippen LogP contribution in [0.25, 0.3) is 10.9 Å². The van der Waals surface area contributed by atoms with E-state index >= 15 is 0 Å². The maximum Gasteiger partial charge on any atom is 0.274 e. The number of para-hydroxylation sites is 1. The molecule has 0 spiro atoms. The Hall–Kier alpha value is -3.73. The van der Waals surface area contributed by atoms with Crippen molar-refractivity contribution in [1.29, 1.82) is 0 Å². The van der Waals surface area contributed by atoms with Gasteiger partial charge in [0.1, 0.15) is 5.69 Å². The zero-order valence-corrected chi connectivity index (χ0v) is 15.5. The van der Waals surface area contributed by atoms with Crippen molar-refractivity contribution in [1.82, 2.24) is 9.97 Å². The van der Waals surface area contributed by atoms with Gasteiger partial charge in [0.2, 0.25) is 0 Å². The summed E-state index contributed by atoms with van der Waals surface area (Å²) >= 11 is 0. The first-order chi connectivity index (χ1) is 13.7. The highest BCUT2D eigenvalue weighted by Crippen LogP contribution is 2.21. The minimum atomic E-state index is -0.267. The monoisotopic (exact) mass is 368 g/mol. The number of rotatable bonds is 5. The van der Waals surface area contributed by atoms with E-state index in [-0.39, 0.29) is 5.91 Å². The molecule has 138 valence electrons. The Morgan fingerprint density at radius 2 is 1.75 bits per heavy atom. The van der Waals surface area contributed by atoms with E-state index in [1.54, 1.807) is 18.5 Å². The van der Waals surface area contributed by atoms with Gasteiger partial charge in [-0.1, -0.05) is 48.0 Å². The highest BCUT2D eigenvalue weighted by atomic mass is 16.1. The van der Waals surface area contributed by atoms with Crippen LogP contribution in [-0.4, -0.2) is 15.9 Å². The van der Waals surface area contributed by atoms with E-state index < -0.39 is 0 Å². The molecule has 5 heteroatoms. The first-order valence-electron chi connectivity index (χ1n) is 9.09. The second kappa shape index (κ2) is 7.88. The molecule has 1 amide bonds. The predicted octanol–water partition coefficient (Wildman–Crippen LogP) is 4.80. The molecular weight excluding hydrogens is 348 g/mol. The molecule has 28 heavy (non-hydrogen) atoms. The van der Waals surface area contributed by atoms with E-state index in [0.29, 0.717) is 17.9 Å². The minimum absolute atomic E-state index is 0.267. The number of nitrogens with one attached hydrogen (secondary N) is 2.